The van der Waals surface area contributed by atoms with Gasteiger partial charge in [0.05, 0.1) is 6.10 Å². The molecule has 0 heterocycles. The maximum atomic E-state index is 8.92. The first-order valence-electron chi connectivity index (χ1n) is 3.96. The van der Waals surface area contributed by atoms with Crippen molar-refractivity contribution in [1.82, 2.24) is 0 Å². The fourth-order valence-corrected chi connectivity index (χ4v) is 1.67. The van der Waals surface area contributed by atoms with E-state index in [-0.39, 0.29) is 6.10 Å². The molecule has 0 saturated heterocycles. The number of hydrogen-bond acceptors (Lipinski definition) is 2. The van der Waals surface area contributed by atoms with Gasteiger partial charge in [-0.2, -0.15) is 11.8 Å². The summed E-state index contributed by atoms with van der Waals surface area (Å²) < 4.78 is 0. The summed E-state index contributed by atoms with van der Waals surface area (Å²) in [7, 11) is 0. The van der Waals surface area contributed by atoms with Gasteiger partial charge in [-0.1, -0.05) is 13.8 Å². The van der Waals surface area contributed by atoms with Crippen molar-refractivity contribution in [2.45, 2.75) is 45.0 Å². The van der Waals surface area contributed by atoms with Crippen LogP contribution in [0.4, 0.5) is 0 Å². The average Bonchev–Trinajstić information content (AvgIpc) is 1.87. The Labute approximate surface area is 68.2 Å². The Morgan fingerprint density at radius 2 is 2.00 bits per heavy atom. The van der Waals surface area contributed by atoms with E-state index in [9.17, 15) is 0 Å². The highest BCUT2D eigenvalue weighted by Crippen LogP contribution is 2.14. The predicted molar refractivity (Wildman–Crippen MR) is 48.5 cm³/mol. The molecule has 10 heavy (non-hydrogen) atoms. The molecule has 0 saturated carbocycles. The number of aliphatic hydroxyl groups excluding tert-OH is 1. The van der Waals surface area contributed by atoms with E-state index >= 15 is 0 Å². The van der Waals surface area contributed by atoms with Crippen LogP contribution in [0, 0.1) is 0 Å². The van der Waals surface area contributed by atoms with Crippen LogP contribution < -0.4 is 0 Å². The van der Waals surface area contributed by atoms with Crippen LogP contribution >= 0.6 is 11.8 Å². The minimum Gasteiger partial charge on any atom is -0.393 e. The summed E-state index contributed by atoms with van der Waals surface area (Å²) in [5.74, 6) is 1.09. The van der Waals surface area contributed by atoms with Gasteiger partial charge in [0.2, 0.25) is 0 Å². The Morgan fingerprint density at radius 1 is 1.40 bits per heavy atom. The molecule has 0 aliphatic rings. The van der Waals surface area contributed by atoms with Crippen molar-refractivity contribution in [2.24, 2.45) is 0 Å². The molecule has 0 amide bonds. The molecule has 0 aromatic rings. The summed E-state index contributed by atoms with van der Waals surface area (Å²) >= 11 is 1.94. The molecule has 0 spiro atoms. The van der Waals surface area contributed by atoms with E-state index < -0.39 is 0 Å². The van der Waals surface area contributed by atoms with Gasteiger partial charge in [-0.05, 0) is 25.5 Å². The molecule has 62 valence electrons. The molecule has 1 N–H and O–H groups in total. The van der Waals surface area contributed by atoms with Crippen LogP contribution in [0.25, 0.3) is 0 Å². The lowest BCUT2D eigenvalue weighted by atomic mass is 10.3. The summed E-state index contributed by atoms with van der Waals surface area (Å²) in [6, 6.07) is 0. The monoisotopic (exact) mass is 162 g/mol. The molecule has 0 aliphatic carbocycles. The van der Waals surface area contributed by atoms with Crippen molar-refractivity contribution in [3.05, 3.63) is 0 Å². The van der Waals surface area contributed by atoms with Crippen molar-refractivity contribution in [3.63, 3.8) is 0 Å². The number of thioether (sulfide) groups is 1. The molecular formula is C8H18OS. The van der Waals surface area contributed by atoms with Crippen LogP contribution in [0.3, 0.4) is 0 Å². The molecule has 2 unspecified atom stereocenters. The summed E-state index contributed by atoms with van der Waals surface area (Å²) in [5.41, 5.74) is 0. The Bertz CT molecular complexity index is 73.7. The molecule has 0 fully saturated rings. The van der Waals surface area contributed by atoms with Crippen molar-refractivity contribution in [3.8, 4) is 0 Å². The van der Waals surface area contributed by atoms with Gasteiger partial charge in [0, 0.05) is 5.25 Å². The van der Waals surface area contributed by atoms with Gasteiger partial charge in [-0.25, -0.2) is 0 Å². The lowest BCUT2D eigenvalue weighted by molar-refractivity contribution is 0.192. The third-order valence-corrected chi connectivity index (χ3v) is 2.89. The molecular weight excluding hydrogens is 144 g/mol. The highest BCUT2D eigenvalue weighted by molar-refractivity contribution is 7.99. The van der Waals surface area contributed by atoms with Gasteiger partial charge in [0.15, 0.2) is 0 Å². The quantitative estimate of drug-likeness (QED) is 0.669. The summed E-state index contributed by atoms with van der Waals surface area (Å²) in [4.78, 5) is 0. The zero-order valence-electron chi connectivity index (χ0n) is 7.13. The van der Waals surface area contributed by atoms with E-state index in [1.807, 2.05) is 18.7 Å². The smallest absolute Gasteiger partial charge is 0.0520 e. The minimum absolute atomic E-state index is 0.128. The molecule has 2 atom stereocenters. The molecule has 0 rings (SSSR count). The maximum absolute atomic E-state index is 8.92. The van der Waals surface area contributed by atoms with E-state index in [2.05, 4.69) is 13.8 Å². The number of hydrogen-bond donors (Lipinski definition) is 1. The number of aliphatic hydroxyl groups is 1. The normalized spacial score (nSPS) is 16.8. The first-order valence-corrected chi connectivity index (χ1v) is 5.01. The molecule has 2 heteroatoms. The highest BCUT2D eigenvalue weighted by Gasteiger charge is 2.00. The van der Waals surface area contributed by atoms with Crippen molar-refractivity contribution in [1.29, 1.82) is 0 Å². The van der Waals surface area contributed by atoms with E-state index in [4.69, 9.17) is 5.11 Å². The van der Waals surface area contributed by atoms with Crippen LogP contribution in [0.15, 0.2) is 0 Å². The van der Waals surface area contributed by atoms with Gasteiger partial charge in [0.1, 0.15) is 0 Å². The fraction of sp³-hybridized carbons (Fsp3) is 1.00. The molecule has 0 aromatic carbocycles. The van der Waals surface area contributed by atoms with Crippen molar-refractivity contribution < 1.29 is 5.11 Å². The van der Waals surface area contributed by atoms with Gasteiger partial charge >= 0.3 is 0 Å². The molecule has 0 bridgehead atoms. The molecule has 0 aromatic heterocycles. The zero-order chi connectivity index (χ0) is 7.98. The largest absolute Gasteiger partial charge is 0.393 e. The Morgan fingerprint density at radius 3 is 2.40 bits per heavy atom. The van der Waals surface area contributed by atoms with E-state index in [1.54, 1.807) is 0 Å². The van der Waals surface area contributed by atoms with Gasteiger partial charge < -0.3 is 5.11 Å². The van der Waals surface area contributed by atoms with Gasteiger partial charge in [-0.15, -0.1) is 0 Å². The van der Waals surface area contributed by atoms with Crippen LogP contribution in [0.2, 0.25) is 0 Å². The van der Waals surface area contributed by atoms with Gasteiger partial charge in [-0.3, -0.25) is 0 Å². The highest BCUT2D eigenvalue weighted by atomic mass is 32.2. The van der Waals surface area contributed by atoms with Gasteiger partial charge in [0.25, 0.3) is 0 Å². The maximum Gasteiger partial charge on any atom is 0.0520 e. The summed E-state index contributed by atoms with van der Waals surface area (Å²) in [6.07, 6.45) is 2.02. The Kier molecular flexibility index (Phi) is 6.24. The Hall–Kier alpha value is 0.310. The van der Waals surface area contributed by atoms with Crippen LogP contribution in [0.5, 0.6) is 0 Å². The third-order valence-electron chi connectivity index (χ3n) is 1.51. The second-order valence-corrected chi connectivity index (χ2v) is 4.27. The molecule has 0 radical (unpaired) electrons. The van der Waals surface area contributed by atoms with Crippen LogP contribution in [0.1, 0.15) is 33.6 Å². The SMILES string of the molecule is CCC(C)SCCC(C)O. The minimum atomic E-state index is -0.128. The van der Waals surface area contributed by atoms with Crippen molar-refractivity contribution in [2.75, 3.05) is 5.75 Å². The second-order valence-electron chi connectivity index (χ2n) is 2.73. The molecule has 0 aliphatic heterocycles. The van der Waals surface area contributed by atoms with Crippen molar-refractivity contribution >= 4 is 11.8 Å². The summed E-state index contributed by atoms with van der Waals surface area (Å²) in [5, 5.41) is 9.67. The average molecular weight is 162 g/mol. The Balaban J connectivity index is 3.03. The van der Waals surface area contributed by atoms with E-state index in [0.29, 0.717) is 0 Å². The third kappa shape index (κ3) is 6.43. The van der Waals surface area contributed by atoms with E-state index in [1.165, 1.54) is 6.42 Å². The standard InChI is InChI=1S/C8H18OS/c1-4-8(3)10-6-5-7(2)9/h7-9H,4-6H2,1-3H3. The van der Waals surface area contributed by atoms with Crippen LogP contribution in [-0.4, -0.2) is 22.2 Å². The molecule has 1 nitrogen and oxygen atoms in total. The lowest BCUT2D eigenvalue weighted by Crippen LogP contribution is -2.03. The predicted octanol–water partition coefficient (Wildman–Crippen LogP) is 2.29. The first-order chi connectivity index (χ1) is 4.66. The fourth-order valence-electron chi connectivity index (χ4n) is 0.558. The first kappa shape index (κ1) is 10.3. The lowest BCUT2D eigenvalue weighted by Gasteiger charge is -2.08. The zero-order valence-corrected chi connectivity index (χ0v) is 7.95. The summed E-state index contributed by atoms with van der Waals surface area (Å²) in [6.45, 7) is 6.27. The second kappa shape index (κ2) is 6.05. The van der Waals surface area contributed by atoms with E-state index in [0.717, 1.165) is 17.4 Å². The topological polar surface area (TPSA) is 20.2 Å². The number of rotatable bonds is 5. The van der Waals surface area contributed by atoms with Crippen LogP contribution in [-0.2, 0) is 0 Å².